The lowest BCUT2D eigenvalue weighted by atomic mass is 10.00. The summed E-state index contributed by atoms with van der Waals surface area (Å²) in [6, 6.07) is 22.3. The van der Waals surface area contributed by atoms with Crippen LogP contribution >= 0.6 is 0 Å². The number of rotatable bonds is 4. The van der Waals surface area contributed by atoms with E-state index in [1.165, 1.54) is 0 Å². The molecular weight excluding hydrogens is 312 g/mol. The Hall–Kier alpha value is -2.85. The van der Waals surface area contributed by atoms with Crippen molar-refractivity contribution >= 4 is 16.7 Å². The molecule has 4 rings (SSSR count). The highest BCUT2D eigenvalue weighted by molar-refractivity contribution is 5.89. The molecule has 0 bridgehead atoms. The Balaban J connectivity index is 1.72. The van der Waals surface area contributed by atoms with Gasteiger partial charge in [0.25, 0.3) is 0 Å². The average Bonchev–Trinajstić information content (AvgIpc) is 2.66. The maximum Gasteiger partial charge on any atom is 0.222 e. The molecule has 1 aliphatic heterocycles. The van der Waals surface area contributed by atoms with Crippen molar-refractivity contribution in [2.75, 3.05) is 6.54 Å². The second kappa shape index (κ2) is 6.95. The zero-order valence-corrected chi connectivity index (χ0v) is 13.9. The van der Waals surface area contributed by atoms with Crippen LogP contribution < -0.4 is 15.4 Å². The second-order valence-corrected chi connectivity index (χ2v) is 6.18. The molecule has 1 fully saturated rings. The number of hydrogen-bond acceptors (Lipinski definition) is 3. The van der Waals surface area contributed by atoms with Gasteiger partial charge in [0.15, 0.2) is 0 Å². The minimum Gasteiger partial charge on any atom is -0.488 e. The summed E-state index contributed by atoms with van der Waals surface area (Å²) in [6.07, 6.45) is 0.264. The van der Waals surface area contributed by atoms with E-state index in [1.54, 1.807) is 0 Å². The van der Waals surface area contributed by atoms with Crippen LogP contribution in [-0.4, -0.2) is 12.5 Å². The van der Waals surface area contributed by atoms with Gasteiger partial charge in [0, 0.05) is 18.5 Å². The van der Waals surface area contributed by atoms with Crippen molar-refractivity contribution in [3.05, 3.63) is 77.9 Å². The number of benzene rings is 3. The third kappa shape index (κ3) is 3.35. The number of carbonyl (C=O) groups excluding carboxylic acids is 1. The summed E-state index contributed by atoms with van der Waals surface area (Å²) in [5.74, 6) is 0.855. The van der Waals surface area contributed by atoms with Gasteiger partial charge in [-0.15, -0.1) is 0 Å². The number of fused-ring (bicyclic) bond motifs is 1. The zero-order valence-electron chi connectivity index (χ0n) is 13.9. The molecule has 4 nitrogen and oxygen atoms in total. The first-order valence-electron chi connectivity index (χ1n) is 8.52. The first-order valence-corrected chi connectivity index (χ1v) is 8.52. The fourth-order valence-corrected chi connectivity index (χ4v) is 3.22. The van der Waals surface area contributed by atoms with Gasteiger partial charge in [-0.25, -0.2) is 0 Å². The lowest BCUT2D eigenvalue weighted by molar-refractivity contribution is -0.123. The Morgan fingerprint density at radius 3 is 2.60 bits per heavy atom. The Morgan fingerprint density at radius 2 is 1.76 bits per heavy atom. The smallest absolute Gasteiger partial charge is 0.222 e. The fraction of sp³-hybridized carbons (Fsp3) is 0.190. The third-order valence-corrected chi connectivity index (χ3v) is 4.46. The van der Waals surface area contributed by atoms with Gasteiger partial charge in [-0.1, -0.05) is 60.7 Å². The minimum atomic E-state index is -0.238. The van der Waals surface area contributed by atoms with Crippen molar-refractivity contribution in [3.63, 3.8) is 0 Å². The summed E-state index contributed by atoms with van der Waals surface area (Å²) >= 11 is 0. The highest BCUT2D eigenvalue weighted by atomic mass is 16.5. The molecule has 1 aliphatic rings. The Kier molecular flexibility index (Phi) is 4.36. The largest absolute Gasteiger partial charge is 0.488 e. The summed E-state index contributed by atoms with van der Waals surface area (Å²) in [4.78, 5) is 11.9. The van der Waals surface area contributed by atoms with Crippen LogP contribution in [0.1, 0.15) is 23.7 Å². The van der Waals surface area contributed by atoms with Crippen molar-refractivity contribution < 1.29 is 9.53 Å². The van der Waals surface area contributed by atoms with E-state index in [0.717, 1.165) is 27.6 Å². The predicted molar refractivity (Wildman–Crippen MR) is 98.2 cm³/mol. The second-order valence-electron chi connectivity index (χ2n) is 6.18. The predicted octanol–water partition coefficient (Wildman–Crippen LogP) is 3.53. The number of amides is 1. The number of ether oxygens (including phenoxy) is 1. The SMILES string of the molecule is O=C1CCN[C@H](c2c(OCc3ccccc3)ccc3ccccc23)N1. The van der Waals surface area contributed by atoms with Crippen LogP contribution in [0.25, 0.3) is 10.8 Å². The number of carbonyl (C=O) groups is 1. The van der Waals surface area contributed by atoms with E-state index in [4.69, 9.17) is 4.74 Å². The normalized spacial score (nSPS) is 17.3. The molecule has 25 heavy (non-hydrogen) atoms. The van der Waals surface area contributed by atoms with E-state index < -0.39 is 0 Å². The average molecular weight is 332 g/mol. The molecule has 0 saturated carbocycles. The number of hydrogen-bond donors (Lipinski definition) is 2. The molecule has 0 aromatic heterocycles. The standard InChI is InChI=1S/C21H20N2O2/c24-19-12-13-22-21(23-19)20-17-9-5-4-8-16(17)10-11-18(20)25-14-15-6-2-1-3-7-15/h1-11,21-22H,12-14H2,(H,23,24)/t21-/m0/s1. The molecule has 1 amide bonds. The van der Waals surface area contributed by atoms with Gasteiger partial charge in [-0.2, -0.15) is 0 Å². The Bertz CT molecular complexity index is 893. The molecular formula is C21H20N2O2. The van der Waals surface area contributed by atoms with Gasteiger partial charge < -0.3 is 10.1 Å². The van der Waals surface area contributed by atoms with E-state index in [2.05, 4.69) is 28.8 Å². The summed E-state index contributed by atoms with van der Waals surface area (Å²) in [5.41, 5.74) is 2.10. The van der Waals surface area contributed by atoms with Crippen LogP contribution in [0.5, 0.6) is 5.75 Å². The highest BCUT2D eigenvalue weighted by Gasteiger charge is 2.24. The van der Waals surface area contributed by atoms with Crippen LogP contribution in [0.4, 0.5) is 0 Å². The van der Waals surface area contributed by atoms with Crippen molar-refractivity contribution in [1.29, 1.82) is 0 Å². The molecule has 0 radical (unpaired) electrons. The lowest BCUT2D eigenvalue weighted by Gasteiger charge is -2.28. The van der Waals surface area contributed by atoms with E-state index in [9.17, 15) is 4.79 Å². The van der Waals surface area contributed by atoms with Gasteiger partial charge in [-0.3, -0.25) is 10.1 Å². The highest BCUT2D eigenvalue weighted by Crippen LogP contribution is 2.33. The number of nitrogens with one attached hydrogen (secondary N) is 2. The van der Waals surface area contributed by atoms with Gasteiger partial charge in [-0.05, 0) is 22.4 Å². The quantitative estimate of drug-likeness (QED) is 0.768. The molecule has 4 heteroatoms. The summed E-state index contributed by atoms with van der Waals surface area (Å²) in [5, 5.41) is 8.64. The molecule has 1 atom stereocenters. The zero-order chi connectivity index (χ0) is 17.1. The van der Waals surface area contributed by atoms with Gasteiger partial charge in [0.1, 0.15) is 18.5 Å². The van der Waals surface area contributed by atoms with Crippen LogP contribution in [0.15, 0.2) is 66.7 Å². The first kappa shape index (κ1) is 15.7. The topological polar surface area (TPSA) is 50.4 Å². The minimum absolute atomic E-state index is 0.0608. The monoisotopic (exact) mass is 332 g/mol. The van der Waals surface area contributed by atoms with Crippen LogP contribution in [-0.2, 0) is 11.4 Å². The molecule has 126 valence electrons. The molecule has 0 aliphatic carbocycles. The van der Waals surface area contributed by atoms with Gasteiger partial charge >= 0.3 is 0 Å². The third-order valence-electron chi connectivity index (χ3n) is 4.46. The Morgan fingerprint density at radius 1 is 0.960 bits per heavy atom. The molecule has 1 heterocycles. The fourth-order valence-electron chi connectivity index (χ4n) is 3.22. The maximum atomic E-state index is 11.9. The van der Waals surface area contributed by atoms with Gasteiger partial charge in [0.05, 0.1) is 0 Å². The van der Waals surface area contributed by atoms with Crippen LogP contribution in [0.2, 0.25) is 0 Å². The molecule has 2 N–H and O–H groups in total. The van der Waals surface area contributed by atoms with Crippen molar-refractivity contribution in [2.24, 2.45) is 0 Å². The summed E-state index contributed by atoms with van der Waals surface area (Å²) in [6.45, 7) is 1.16. The Labute approximate surface area is 146 Å². The van der Waals surface area contributed by atoms with E-state index >= 15 is 0 Å². The van der Waals surface area contributed by atoms with Crippen molar-refractivity contribution in [2.45, 2.75) is 19.2 Å². The molecule has 0 spiro atoms. The summed E-state index contributed by atoms with van der Waals surface area (Å²) in [7, 11) is 0. The molecule has 3 aromatic carbocycles. The van der Waals surface area contributed by atoms with Crippen LogP contribution in [0, 0.1) is 0 Å². The molecule has 1 saturated heterocycles. The van der Waals surface area contributed by atoms with Crippen LogP contribution in [0.3, 0.4) is 0 Å². The molecule has 3 aromatic rings. The first-order chi connectivity index (χ1) is 12.3. The van der Waals surface area contributed by atoms with Crippen molar-refractivity contribution in [1.82, 2.24) is 10.6 Å². The van der Waals surface area contributed by atoms with E-state index in [0.29, 0.717) is 19.6 Å². The van der Waals surface area contributed by atoms with E-state index in [-0.39, 0.29) is 12.1 Å². The lowest BCUT2D eigenvalue weighted by Crippen LogP contribution is -2.45. The molecule has 0 unspecified atom stereocenters. The maximum absolute atomic E-state index is 11.9. The summed E-state index contributed by atoms with van der Waals surface area (Å²) < 4.78 is 6.13. The van der Waals surface area contributed by atoms with Crippen molar-refractivity contribution in [3.8, 4) is 5.75 Å². The van der Waals surface area contributed by atoms with E-state index in [1.807, 2.05) is 48.5 Å². The van der Waals surface area contributed by atoms with Gasteiger partial charge in [0.2, 0.25) is 5.91 Å².